The van der Waals surface area contributed by atoms with Crippen molar-refractivity contribution < 1.29 is 9.18 Å². The van der Waals surface area contributed by atoms with Crippen molar-refractivity contribution in [3.8, 4) is 28.7 Å². The zero-order valence-electron chi connectivity index (χ0n) is 19.3. The van der Waals surface area contributed by atoms with Crippen molar-refractivity contribution in [3.05, 3.63) is 89.5 Å². The Kier molecular flexibility index (Phi) is 4.65. The molecule has 170 valence electrons. The van der Waals surface area contributed by atoms with Gasteiger partial charge in [-0.2, -0.15) is 5.26 Å². The van der Waals surface area contributed by atoms with Crippen LogP contribution in [0, 0.1) is 29.0 Å². The highest BCUT2D eigenvalue weighted by atomic mass is 19.1. The van der Waals surface area contributed by atoms with Crippen LogP contribution in [0.25, 0.3) is 33.5 Å². The molecule has 2 aromatic heterocycles. The minimum atomic E-state index is -0.645. The van der Waals surface area contributed by atoms with Crippen LogP contribution in [0.5, 0.6) is 0 Å². The summed E-state index contributed by atoms with van der Waals surface area (Å²) in [6.07, 6.45) is 4.02. The number of rotatable bonds is 2. The molecule has 2 aromatic carbocycles. The van der Waals surface area contributed by atoms with Gasteiger partial charge >= 0.3 is 0 Å². The molecule has 4 aromatic rings. The molecule has 35 heavy (non-hydrogen) atoms. The van der Waals surface area contributed by atoms with Crippen molar-refractivity contribution in [3.63, 3.8) is 0 Å². The number of para-hydroxylation sites is 1. The van der Waals surface area contributed by atoms with Gasteiger partial charge in [-0.1, -0.05) is 50.3 Å². The number of ketones is 1. The van der Waals surface area contributed by atoms with E-state index in [9.17, 15) is 10.1 Å². The molecule has 2 aliphatic carbocycles. The second kappa shape index (κ2) is 7.64. The van der Waals surface area contributed by atoms with Crippen LogP contribution in [0.15, 0.2) is 72.4 Å². The molecule has 2 heterocycles. The summed E-state index contributed by atoms with van der Waals surface area (Å²) >= 11 is 0. The van der Waals surface area contributed by atoms with Crippen LogP contribution in [-0.4, -0.2) is 20.7 Å². The van der Waals surface area contributed by atoms with Gasteiger partial charge in [-0.05, 0) is 36.6 Å². The first-order chi connectivity index (χ1) is 16.9. The summed E-state index contributed by atoms with van der Waals surface area (Å²) in [7, 11) is 0. The number of benzene rings is 2. The lowest BCUT2D eigenvalue weighted by Crippen LogP contribution is -2.40. The molecule has 0 fully saturated rings. The van der Waals surface area contributed by atoms with Gasteiger partial charge in [-0.3, -0.25) is 9.78 Å². The standard InChI is InChI=1S/C29H21FN4O/c1-16-22-13-21-25(20-8-3-5-9-23(20)30)33-28(19-11-12-32-24-10-6-4-7-18(19)24)34-27(21)29(22,2)14-17(15-31)26(16)35/h3-12,14,16,22H,13H2,1-2H3/t16?,22?,29-/m1/s1. The van der Waals surface area contributed by atoms with E-state index >= 15 is 4.39 Å². The van der Waals surface area contributed by atoms with E-state index in [0.717, 1.165) is 27.7 Å². The smallest absolute Gasteiger partial charge is 0.176 e. The molecule has 2 aliphatic rings. The normalized spacial score (nSPS) is 22.9. The molecule has 0 spiro atoms. The monoisotopic (exact) mass is 460 g/mol. The van der Waals surface area contributed by atoms with E-state index in [0.29, 0.717) is 23.5 Å². The molecule has 0 N–H and O–H groups in total. The maximum absolute atomic E-state index is 15.1. The lowest BCUT2D eigenvalue weighted by molar-refractivity contribution is -0.121. The highest BCUT2D eigenvalue weighted by Crippen LogP contribution is 2.52. The van der Waals surface area contributed by atoms with Gasteiger partial charge in [0.15, 0.2) is 11.6 Å². The van der Waals surface area contributed by atoms with E-state index in [1.807, 2.05) is 44.2 Å². The number of Topliss-reactive ketones (excluding diaryl/α,β-unsaturated/α-hetero) is 1. The number of aromatic nitrogens is 3. The third-order valence-electron chi connectivity index (χ3n) is 7.58. The zero-order chi connectivity index (χ0) is 24.3. The van der Waals surface area contributed by atoms with E-state index in [4.69, 9.17) is 9.97 Å². The van der Waals surface area contributed by atoms with Gasteiger partial charge in [-0.15, -0.1) is 0 Å². The Hall–Kier alpha value is -4.24. The zero-order valence-corrected chi connectivity index (χ0v) is 19.3. The summed E-state index contributed by atoms with van der Waals surface area (Å²) in [5.41, 5.74) is 3.64. The quantitative estimate of drug-likeness (QED) is 0.389. The van der Waals surface area contributed by atoms with Crippen LogP contribution in [0.1, 0.15) is 25.1 Å². The number of nitriles is 1. The third-order valence-corrected chi connectivity index (χ3v) is 7.58. The molecular weight excluding hydrogens is 439 g/mol. The Bertz CT molecular complexity index is 1610. The van der Waals surface area contributed by atoms with Crippen LogP contribution in [0.3, 0.4) is 0 Å². The topological polar surface area (TPSA) is 79.5 Å². The number of fused-ring (bicyclic) bond motifs is 4. The molecule has 6 heteroatoms. The SMILES string of the molecule is CC1C(=O)C(C#N)=C[C@@]2(C)c3nc(-c4ccnc5ccccc45)nc(-c4ccccc4F)c3CC12. The highest BCUT2D eigenvalue weighted by molar-refractivity contribution is 6.02. The lowest BCUT2D eigenvalue weighted by Gasteiger charge is -2.36. The number of hydrogen-bond acceptors (Lipinski definition) is 5. The van der Waals surface area contributed by atoms with E-state index < -0.39 is 5.41 Å². The molecule has 0 radical (unpaired) electrons. The minimum absolute atomic E-state index is 0.0913. The van der Waals surface area contributed by atoms with Crippen LogP contribution in [-0.2, 0) is 16.6 Å². The second-order valence-corrected chi connectivity index (χ2v) is 9.49. The molecule has 0 saturated carbocycles. The molecular formula is C29H21FN4O. The summed E-state index contributed by atoms with van der Waals surface area (Å²) in [4.78, 5) is 27.3. The number of halogens is 1. The predicted molar refractivity (Wildman–Crippen MR) is 131 cm³/mol. The summed E-state index contributed by atoms with van der Waals surface area (Å²) in [5, 5.41) is 10.6. The fourth-order valence-electron chi connectivity index (χ4n) is 5.78. The molecule has 0 bridgehead atoms. The fourth-order valence-corrected chi connectivity index (χ4v) is 5.78. The van der Waals surface area contributed by atoms with Crippen molar-refractivity contribution in [2.24, 2.45) is 11.8 Å². The molecule has 3 atom stereocenters. The van der Waals surface area contributed by atoms with Crippen LogP contribution in [0.4, 0.5) is 4.39 Å². The van der Waals surface area contributed by atoms with Gasteiger partial charge in [0, 0.05) is 39.6 Å². The van der Waals surface area contributed by atoms with Crippen LogP contribution < -0.4 is 0 Å². The lowest BCUT2D eigenvalue weighted by atomic mass is 9.65. The predicted octanol–water partition coefficient (Wildman–Crippen LogP) is 5.60. The molecule has 6 rings (SSSR count). The highest BCUT2D eigenvalue weighted by Gasteiger charge is 2.52. The number of allylic oxidation sites excluding steroid dienone is 2. The number of carbonyl (C=O) groups is 1. The summed E-state index contributed by atoms with van der Waals surface area (Å²) < 4.78 is 15.1. The van der Waals surface area contributed by atoms with Gasteiger partial charge in [0.25, 0.3) is 0 Å². The van der Waals surface area contributed by atoms with E-state index in [2.05, 4.69) is 11.1 Å². The average Bonchev–Trinajstić information content (AvgIpc) is 3.18. The van der Waals surface area contributed by atoms with Crippen molar-refractivity contribution in [2.45, 2.75) is 25.7 Å². The Balaban J connectivity index is 1.69. The van der Waals surface area contributed by atoms with Gasteiger partial charge in [-0.25, -0.2) is 14.4 Å². The fraction of sp³-hybridized carbons (Fsp3) is 0.207. The van der Waals surface area contributed by atoms with Crippen LogP contribution in [0.2, 0.25) is 0 Å². The van der Waals surface area contributed by atoms with Crippen molar-refractivity contribution in [1.29, 1.82) is 5.26 Å². The van der Waals surface area contributed by atoms with Gasteiger partial charge in [0.05, 0.1) is 22.5 Å². The second-order valence-electron chi connectivity index (χ2n) is 9.49. The number of pyridine rings is 1. The third kappa shape index (κ3) is 3.05. The van der Waals surface area contributed by atoms with E-state index in [1.54, 1.807) is 30.5 Å². The Morgan fingerprint density at radius 3 is 2.63 bits per heavy atom. The van der Waals surface area contributed by atoms with E-state index in [-0.39, 0.29) is 29.0 Å². The first kappa shape index (κ1) is 21.3. The summed E-state index contributed by atoms with van der Waals surface area (Å²) in [5.74, 6) is -0.488. The Morgan fingerprint density at radius 2 is 1.83 bits per heavy atom. The minimum Gasteiger partial charge on any atom is -0.293 e. The van der Waals surface area contributed by atoms with E-state index in [1.165, 1.54) is 6.07 Å². The maximum atomic E-state index is 15.1. The van der Waals surface area contributed by atoms with Crippen molar-refractivity contribution in [2.75, 3.05) is 0 Å². The van der Waals surface area contributed by atoms with Crippen molar-refractivity contribution >= 4 is 16.7 Å². The average molecular weight is 461 g/mol. The van der Waals surface area contributed by atoms with Gasteiger partial charge in [0.2, 0.25) is 0 Å². The van der Waals surface area contributed by atoms with Gasteiger partial charge < -0.3 is 0 Å². The van der Waals surface area contributed by atoms with Gasteiger partial charge in [0.1, 0.15) is 11.9 Å². The number of hydrogen-bond donors (Lipinski definition) is 0. The Labute approximate surface area is 202 Å². The number of carbonyl (C=O) groups excluding carboxylic acids is 1. The summed E-state index contributed by atoms with van der Waals surface area (Å²) in [6.45, 7) is 3.89. The summed E-state index contributed by atoms with van der Waals surface area (Å²) in [6, 6.07) is 18.3. The van der Waals surface area contributed by atoms with Crippen molar-refractivity contribution in [1.82, 2.24) is 15.0 Å². The maximum Gasteiger partial charge on any atom is 0.176 e. The molecule has 2 unspecified atom stereocenters. The number of nitrogens with zero attached hydrogens (tertiary/aromatic N) is 4. The first-order valence-electron chi connectivity index (χ1n) is 11.6. The largest absolute Gasteiger partial charge is 0.293 e. The first-order valence-corrected chi connectivity index (χ1v) is 11.6. The molecule has 0 amide bonds. The molecule has 0 saturated heterocycles. The molecule has 5 nitrogen and oxygen atoms in total. The molecule has 0 aliphatic heterocycles. The van der Waals surface area contributed by atoms with Crippen LogP contribution >= 0.6 is 0 Å². The Morgan fingerprint density at radius 1 is 1.06 bits per heavy atom.